The molecule has 1 amide bonds. The molecular formula is C31H30N4O2S2. The number of carbonyl (C=O) groups excluding carboxylic acids is 1. The Labute approximate surface area is 238 Å². The van der Waals surface area contributed by atoms with E-state index < -0.39 is 0 Å². The van der Waals surface area contributed by atoms with Gasteiger partial charge in [-0.1, -0.05) is 84.6 Å². The highest BCUT2D eigenvalue weighted by molar-refractivity contribution is 8.26. The zero-order valence-corrected chi connectivity index (χ0v) is 23.7. The second kappa shape index (κ2) is 11.6. The largest absolute Gasteiger partial charge is 0.357 e. The summed E-state index contributed by atoms with van der Waals surface area (Å²) in [7, 11) is 1.71. The first-order chi connectivity index (χ1) is 18.9. The first-order valence-electron chi connectivity index (χ1n) is 13.1. The first-order valence-corrected chi connectivity index (χ1v) is 14.3. The lowest BCUT2D eigenvalue weighted by atomic mass is 9.90. The molecule has 2 aliphatic rings. The number of anilines is 1. The molecule has 0 spiro atoms. The minimum absolute atomic E-state index is 0.103. The molecule has 39 heavy (non-hydrogen) atoms. The van der Waals surface area contributed by atoms with Gasteiger partial charge in [0.2, 0.25) is 0 Å². The number of pyridine rings is 1. The van der Waals surface area contributed by atoms with Crippen molar-refractivity contribution in [1.29, 1.82) is 5.26 Å². The van der Waals surface area contributed by atoms with Gasteiger partial charge in [0.25, 0.3) is 11.5 Å². The van der Waals surface area contributed by atoms with Gasteiger partial charge >= 0.3 is 0 Å². The molecule has 2 saturated heterocycles. The van der Waals surface area contributed by atoms with Crippen LogP contribution in [0.25, 0.3) is 6.08 Å². The van der Waals surface area contributed by atoms with Crippen LogP contribution in [0.4, 0.5) is 5.82 Å². The maximum atomic E-state index is 13.4. The standard InChI is InChI=1S/C31H30N4O2S2/c1-21-25(18-27-30(37)35(31(38)39-27)20-24-11-7-4-8-12-24)28(33(2)29(36)26(21)19-32)34-15-13-23(14-16-34)17-22-9-5-3-6-10-22/h3-12,18,23H,13-17,20H2,1-2H3. The van der Waals surface area contributed by atoms with Crippen molar-refractivity contribution in [2.24, 2.45) is 13.0 Å². The lowest BCUT2D eigenvalue weighted by Gasteiger charge is -2.36. The maximum absolute atomic E-state index is 13.4. The summed E-state index contributed by atoms with van der Waals surface area (Å²) in [5, 5.41) is 9.79. The number of benzene rings is 2. The number of aromatic nitrogens is 1. The van der Waals surface area contributed by atoms with Crippen molar-refractivity contribution in [3.8, 4) is 6.07 Å². The van der Waals surface area contributed by atoms with E-state index in [1.807, 2.05) is 42.5 Å². The van der Waals surface area contributed by atoms with Crippen LogP contribution in [0.5, 0.6) is 0 Å². The number of thioether (sulfide) groups is 1. The fourth-order valence-electron chi connectivity index (χ4n) is 5.42. The van der Waals surface area contributed by atoms with E-state index in [2.05, 4.69) is 35.2 Å². The maximum Gasteiger partial charge on any atom is 0.270 e. The van der Waals surface area contributed by atoms with Crippen LogP contribution in [0.15, 0.2) is 70.4 Å². The van der Waals surface area contributed by atoms with Gasteiger partial charge in [-0.05, 0) is 54.9 Å². The summed E-state index contributed by atoms with van der Waals surface area (Å²) >= 11 is 6.84. The zero-order valence-electron chi connectivity index (χ0n) is 22.1. The van der Waals surface area contributed by atoms with Crippen LogP contribution in [0.1, 0.15) is 40.7 Å². The number of nitriles is 1. The van der Waals surface area contributed by atoms with Crippen LogP contribution in [0.2, 0.25) is 0 Å². The summed E-state index contributed by atoms with van der Waals surface area (Å²) in [5.74, 6) is 1.16. The summed E-state index contributed by atoms with van der Waals surface area (Å²) in [6.07, 6.45) is 4.86. The molecular weight excluding hydrogens is 525 g/mol. The highest BCUT2D eigenvalue weighted by Gasteiger charge is 2.33. The molecule has 6 nitrogen and oxygen atoms in total. The van der Waals surface area contributed by atoms with Gasteiger partial charge in [0.05, 0.1) is 11.4 Å². The minimum Gasteiger partial charge on any atom is -0.357 e. The molecule has 0 bridgehead atoms. The molecule has 0 atom stereocenters. The molecule has 5 rings (SSSR count). The third-order valence-corrected chi connectivity index (χ3v) is 8.96. The number of hydrogen-bond acceptors (Lipinski definition) is 6. The molecule has 2 fully saturated rings. The number of rotatable bonds is 6. The summed E-state index contributed by atoms with van der Waals surface area (Å²) in [6, 6.07) is 22.4. The molecule has 0 unspecified atom stereocenters. The van der Waals surface area contributed by atoms with Crippen LogP contribution in [0, 0.1) is 24.2 Å². The number of amides is 1. The molecule has 198 valence electrons. The smallest absolute Gasteiger partial charge is 0.270 e. The highest BCUT2D eigenvalue weighted by Crippen LogP contribution is 2.37. The second-order valence-corrected chi connectivity index (χ2v) is 11.8. The van der Waals surface area contributed by atoms with Crippen molar-refractivity contribution in [3.05, 3.63) is 104 Å². The Hall–Kier alpha value is -3.67. The molecule has 0 N–H and O–H groups in total. The zero-order chi connectivity index (χ0) is 27.5. The van der Waals surface area contributed by atoms with Crippen LogP contribution in [0.3, 0.4) is 0 Å². The van der Waals surface area contributed by atoms with Crippen LogP contribution in [-0.2, 0) is 24.8 Å². The fraction of sp³-hybridized carbons (Fsp3) is 0.290. The lowest BCUT2D eigenvalue weighted by molar-refractivity contribution is -0.122. The van der Waals surface area contributed by atoms with E-state index in [-0.39, 0.29) is 17.0 Å². The van der Waals surface area contributed by atoms with Crippen molar-refractivity contribution in [2.75, 3.05) is 18.0 Å². The molecule has 2 aliphatic heterocycles. The van der Waals surface area contributed by atoms with Gasteiger partial charge in [-0.15, -0.1) is 0 Å². The summed E-state index contributed by atoms with van der Waals surface area (Å²) in [5.41, 5.74) is 3.46. The van der Waals surface area contributed by atoms with Crippen LogP contribution in [-0.4, -0.2) is 32.8 Å². The topological polar surface area (TPSA) is 69.3 Å². The van der Waals surface area contributed by atoms with Gasteiger partial charge in [-0.25, -0.2) is 0 Å². The average Bonchev–Trinajstić information content (AvgIpc) is 3.21. The molecule has 8 heteroatoms. The highest BCUT2D eigenvalue weighted by atomic mass is 32.2. The summed E-state index contributed by atoms with van der Waals surface area (Å²) in [4.78, 5) is 30.9. The van der Waals surface area contributed by atoms with Crippen molar-refractivity contribution >= 4 is 46.1 Å². The van der Waals surface area contributed by atoms with E-state index >= 15 is 0 Å². The molecule has 1 aromatic heterocycles. The summed E-state index contributed by atoms with van der Waals surface area (Å²) in [6.45, 7) is 3.79. The van der Waals surface area contributed by atoms with E-state index in [0.717, 1.165) is 49.3 Å². The molecule has 0 radical (unpaired) electrons. The van der Waals surface area contributed by atoms with E-state index in [1.165, 1.54) is 17.3 Å². The van der Waals surface area contributed by atoms with Gasteiger partial charge in [-0.3, -0.25) is 19.1 Å². The predicted molar refractivity (Wildman–Crippen MR) is 161 cm³/mol. The third-order valence-electron chi connectivity index (χ3n) is 7.58. The third kappa shape index (κ3) is 5.56. The second-order valence-electron chi connectivity index (χ2n) is 10.1. The average molecular weight is 555 g/mol. The van der Waals surface area contributed by atoms with Crippen molar-refractivity contribution in [1.82, 2.24) is 9.47 Å². The number of nitrogens with zero attached hydrogens (tertiary/aromatic N) is 4. The molecule has 2 aromatic carbocycles. The van der Waals surface area contributed by atoms with Gasteiger partial charge in [0, 0.05) is 25.7 Å². The normalized spacial score (nSPS) is 17.2. The molecule has 3 aromatic rings. The first kappa shape index (κ1) is 26.9. The quantitative estimate of drug-likeness (QED) is 0.299. The number of carbonyl (C=O) groups is 1. The van der Waals surface area contributed by atoms with Crippen molar-refractivity contribution in [3.63, 3.8) is 0 Å². The van der Waals surface area contributed by atoms with E-state index in [0.29, 0.717) is 27.3 Å². The lowest BCUT2D eigenvalue weighted by Crippen LogP contribution is -2.39. The Morgan fingerprint density at radius 2 is 1.64 bits per heavy atom. The van der Waals surface area contributed by atoms with Gasteiger partial charge < -0.3 is 4.90 Å². The van der Waals surface area contributed by atoms with Crippen LogP contribution >= 0.6 is 24.0 Å². The monoisotopic (exact) mass is 554 g/mol. The SMILES string of the molecule is Cc1c(C=C2SC(=S)N(Cc3ccccc3)C2=O)c(N2CCC(Cc3ccccc3)CC2)n(C)c(=O)c1C#N. The van der Waals surface area contributed by atoms with Crippen molar-refractivity contribution in [2.45, 2.75) is 32.7 Å². The predicted octanol–water partition coefficient (Wildman–Crippen LogP) is 5.43. The van der Waals surface area contributed by atoms with E-state index in [4.69, 9.17) is 12.2 Å². The summed E-state index contributed by atoms with van der Waals surface area (Å²) < 4.78 is 2.07. The Kier molecular flexibility index (Phi) is 8.01. The Balaban J connectivity index is 1.45. The van der Waals surface area contributed by atoms with Gasteiger partial charge in [0.15, 0.2) is 0 Å². The van der Waals surface area contributed by atoms with Gasteiger partial charge in [-0.2, -0.15) is 5.26 Å². The Bertz CT molecular complexity index is 1530. The minimum atomic E-state index is -0.315. The van der Waals surface area contributed by atoms with Gasteiger partial charge in [0.1, 0.15) is 21.8 Å². The Morgan fingerprint density at radius 1 is 1.03 bits per heavy atom. The van der Waals surface area contributed by atoms with E-state index in [9.17, 15) is 14.9 Å². The molecule has 3 heterocycles. The molecule has 0 saturated carbocycles. The fourth-order valence-corrected chi connectivity index (χ4v) is 6.66. The van der Waals surface area contributed by atoms with E-state index in [1.54, 1.807) is 23.4 Å². The molecule has 0 aliphatic carbocycles. The number of thiocarbonyl (C=S) groups is 1. The number of hydrogen-bond donors (Lipinski definition) is 0. The Morgan fingerprint density at radius 3 is 2.26 bits per heavy atom. The van der Waals surface area contributed by atoms with Crippen LogP contribution < -0.4 is 10.5 Å². The van der Waals surface area contributed by atoms with Crippen molar-refractivity contribution < 1.29 is 4.79 Å². The number of piperidine rings is 1.